The molecule has 0 saturated carbocycles. The van der Waals surface area contributed by atoms with Crippen LogP contribution >= 0.6 is 0 Å². The van der Waals surface area contributed by atoms with Crippen molar-refractivity contribution in [3.8, 4) is 5.75 Å². The van der Waals surface area contributed by atoms with Crippen molar-refractivity contribution < 1.29 is 14.0 Å². The summed E-state index contributed by atoms with van der Waals surface area (Å²) in [6.45, 7) is 7.11. The van der Waals surface area contributed by atoms with Crippen LogP contribution in [0.25, 0.3) is 0 Å². The molecule has 1 aromatic carbocycles. The van der Waals surface area contributed by atoms with E-state index in [1.807, 2.05) is 45.0 Å². The third-order valence-corrected chi connectivity index (χ3v) is 4.21. The molecule has 0 amide bonds. The molecular weight excluding hydrogens is 274 g/mol. The molecular formula is C15H21NO3S. The summed E-state index contributed by atoms with van der Waals surface area (Å²) >= 11 is -1.24. The number of hydrogen-bond donors (Lipinski definition) is 0. The number of benzene rings is 1. The van der Waals surface area contributed by atoms with E-state index in [0.29, 0.717) is 6.61 Å². The van der Waals surface area contributed by atoms with Gasteiger partial charge in [-0.15, -0.1) is 0 Å². The van der Waals surface area contributed by atoms with Crippen molar-refractivity contribution in [2.45, 2.75) is 38.0 Å². The smallest absolute Gasteiger partial charge is 0.144 e. The topological polar surface area (TPSA) is 53.9 Å². The Balaban J connectivity index is 2.00. The van der Waals surface area contributed by atoms with Gasteiger partial charge in [-0.05, 0) is 32.9 Å². The molecule has 0 aliphatic carbocycles. The van der Waals surface area contributed by atoms with Crippen molar-refractivity contribution in [1.29, 1.82) is 0 Å². The molecule has 4 nitrogen and oxygen atoms in total. The standard InChI is InChI=1S/C15H21NO3S/c1-15(2,3)20(17)16-10-12-5-4-6-13(9-12)19-14-7-8-18-11-14/h4-6,9-10,14H,7-8,11H2,1-3H3/t14-,20-/m1/s1. The highest BCUT2D eigenvalue weighted by Gasteiger charge is 2.25. The molecule has 0 N–H and O–H groups in total. The third kappa shape index (κ3) is 4.51. The minimum absolute atomic E-state index is 0.130. The molecule has 1 fully saturated rings. The Morgan fingerprint density at radius 2 is 2.25 bits per heavy atom. The van der Waals surface area contributed by atoms with E-state index >= 15 is 0 Å². The largest absolute Gasteiger partial charge is 0.591 e. The highest BCUT2D eigenvalue weighted by atomic mass is 32.2. The number of ether oxygens (including phenoxy) is 2. The van der Waals surface area contributed by atoms with Gasteiger partial charge < -0.3 is 14.0 Å². The fraction of sp³-hybridized carbons (Fsp3) is 0.533. The van der Waals surface area contributed by atoms with Gasteiger partial charge in [0, 0.05) is 12.0 Å². The summed E-state index contributed by atoms with van der Waals surface area (Å²) in [7, 11) is 0. The monoisotopic (exact) mass is 295 g/mol. The molecule has 0 spiro atoms. The summed E-state index contributed by atoms with van der Waals surface area (Å²) in [5.74, 6) is 0.797. The molecule has 110 valence electrons. The van der Waals surface area contributed by atoms with Crippen LogP contribution in [0.3, 0.4) is 0 Å². The predicted octanol–water partition coefficient (Wildman–Crippen LogP) is 2.74. The van der Waals surface area contributed by atoms with Crippen LogP contribution in [0.5, 0.6) is 5.75 Å². The molecule has 20 heavy (non-hydrogen) atoms. The molecule has 0 aromatic heterocycles. The molecule has 5 heteroatoms. The lowest BCUT2D eigenvalue weighted by Crippen LogP contribution is -2.25. The normalized spacial score (nSPS) is 21.3. The molecule has 1 aromatic rings. The van der Waals surface area contributed by atoms with Gasteiger partial charge in [-0.1, -0.05) is 16.5 Å². The average Bonchev–Trinajstić information content (AvgIpc) is 2.88. The van der Waals surface area contributed by atoms with E-state index in [9.17, 15) is 4.55 Å². The fourth-order valence-electron chi connectivity index (χ4n) is 1.73. The van der Waals surface area contributed by atoms with Crippen LogP contribution in [0.2, 0.25) is 0 Å². The van der Waals surface area contributed by atoms with Crippen LogP contribution in [-0.2, 0) is 16.1 Å². The van der Waals surface area contributed by atoms with Gasteiger partial charge >= 0.3 is 0 Å². The minimum atomic E-state index is -1.24. The first-order valence-corrected chi connectivity index (χ1v) is 7.86. The summed E-state index contributed by atoms with van der Waals surface area (Å²) in [5.41, 5.74) is 0.888. The Morgan fingerprint density at radius 1 is 1.45 bits per heavy atom. The Bertz CT molecular complexity index is 464. The van der Waals surface area contributed by atoms with E-state index in [-0.39, 0.29) is 10.9 Å². The number of hydrogen-bond acceptors (Lipinski definition) is 4. The molecule has 1 saturated heterocycles. The zero-order valence-corrected chi connectivity index (χ0v) is 13.0. The van der Waals surface area contributed by atoms with Crippen molar-refractivity contribution in [1.82, 2.24) is 0 Å². The van der Waals surface area contributed by atoms with Gasteiger partial charge in [0.15, 0.2) is 0 Å². The summed E-state index contributed by atoms with van der Waals surface area (Å²) in [6, 6.07) is 7.64. The zero-order valence-electron chi connectivity index (χ0n) is 12.2. The lowest BCUT2D eigenvalue weighted by molar-refractivity contribution is 0.141. The van der Waals surface area contributed by atoms with E-state index in [1.165, 1.54) is 0 Å². The molecule has 1 aliphatic rings. The van der Waals surface area contributed by atoms with Crippen LogP contribution in [-0.4, -0.2) is 34.8 Å². The van der Waals surface area contributed by atoms with Gasteiger partial charge in [0.05, 0.1) is 19.4 Å². The lowest BCUT2D eigenvalue weighted by atomic mass is 10.2. The second-order valence-corrected chi connectivity index (χ2v) is 7.71. The van der Waals surface area contributed by atoms with Gasteiger partial charge in [0.25, 0.3) is 0 Å². The maximum Gasteiger partial charge on any atom is 0.144 e. The minimum Gasteiger partial charge on any atom is -0.591 e. The van der Waals surface area contributed by atoms with E-state index in [2.05, 4.69) is 4.40 Å². The summed E-state index contributed by atoms with van der Waals surface area (Å²) in [6.07, 6.45) is 2.69. The fourth-order valence-corrected chi connectivity index (χ4v) is 2.27. The van der Waals surface area contributed by atoms with Gasteiger partial charge in [0.2, 0.25) is 0 Å². The maximum atomic E-state index is 11.9. The van der Waals surface area contributed by atoms with Gasteiger partial charge in [0.1, 0.15) is 28.0 Å². The van der Waals surface area contributed by atoms with E-state index in [0.717, 1.165) is 24.3 Å². The third-order valence-electron chi connectivity index (χ3n) is 2.87. The van der Waals surface area contributed by atoms with Crippen molar-refractivity contribution in [2.75, 3.05) is 13.2 Å². The van der Waals surface area contributed by atoms with Crippen molar-refractivity contribution in [2.24, 2.45) is 4.40 Å². The van der Waals surface area contributed by atoms with E-state index in [4.69, 9.17) is 9.47 Å². The Kier molecular flexibility index (Phi) is 5.07. The Hall–Kier alpha value is -1.04. The predicted molar refractivity (Wildman–Crippen MR) is 81.8 cm³/mol. The van der Waals surface area contributed by atoms with Gasteiger partial charge in [-0.2, -0.15) is 0 Å². The molecule has 1 heterocycles. The quantitative estimate of drug-likeness (QED) is 0.634. The van der Waals surface area contributed by atoms with Crippen LogP contribution in [0, 0.1) is 0 Å². The number of rotatable bonds is 4. The highest BCUT2D eigenvalue weighted by Crippen LogP contribution is 2.19. The summed E-state index contributed by atoms with van der Waals surface area (Å²) in [5, 5.41) is 0. The Labute approximate surface area is 123 Å². The Morgan fingerprint density at radius 3 is 2.90 bits per heavy atom. The van der Waals surface area contributed by atoms with Crippen molar-refractivity contribution in [3.63, 3.8) is 0 Å². The summed E-state index contributed by atoms with van der Waals surface area (Å²) in [4.78, 5) is 0. The highest BCUT2D eigenvalue weighted by molar-refractivity contribution is 7.91. The SMILES string of the molecule is CC(C)(C)[S@@+]([O-])N=Cc1cccc(O[C@@H]2CCOC2)c1. The first-order chi connectivity index (χ1) is 9.45. The number of nitrogens with zero attached hydrogens (tertiary/aromatic N) is 1. The maximum absolute atomic E-state index is 11.9. The van der Waals surface area contributed by atoms with Crippen LogP contribution in [0.1, 0.15) is 32.8 Å². The molecule has 0 radical (unpaired) electrons. The zero-order chi connectivity index (χ0) is 14.6. The molecule has 0 bridgehead atoms. The molecule has 2 atom stereocenters. The molecule has 0 unspecified atom stereocenters. The second kappa shape index (κ2) is 6.61. The van der Waals surface area contributed by atoms with Crippen LogP contribution in [0.4, 0.5) is 0 Å². The lowest BCUT2D eigenvalue weighted by Gasteiger charge is -2.17. The van der Waals surface area contributed by atoms with Crippen molar-refractivity contribution >= 4 is 17.6 Å². The average molecular weight is 295 g/mol. The van der Waals surface area contributed by atoms with Crippen molar-refractivity contribution in [3.05, 3.63) is 29.8 Å². The first kappa shape index (κ1) is 15.4. The van der Waals surface area contributed by atoms with E-state index < -0.39 is 11.4 Å². The van der Waals surface area contributed by atoms with Gasteiger partial charge in [-0.25, -0.2) is 0 Å². The second-order valence-electron chi connectivity index (χ2n) is 5.77. The first-order valence-electron chi connectivity index (χ1n) is 6.76. The van der Waals surface area contributed by atoms with Crippen LogP contribution < -0.4 is 4.74 Å². The van der Waals surface area contributed by atoms with Gasteiger partial charge in [-0.3, -0.25) is 0 Å². The molecule has 1 aliphatic heterocycles. The van der Waals surface area contributed by atoms with E-state index in [1.54, 1.807) is 6.21 Å². The van der Waals surface area contributed by atoms with Crippen LogP contribution in [0.15, 0.2) is 28.7 Å². The molecule has 2 rings (SSSR count). The summed E-state index contributed by atoms with van der Waals surface area (Å²) < 4.78 is 26.7.